The van der Waals surface area contributed by atoms with E-state index in [1.54, 1.807) is 11.0 Å². The second kappa shape index (κ2) is 4.06. The molecule has 0 saturated carbocycles. The number of para-hydroxylation sites is 1. The van der Waals surface area contributed by atoms with Crippen LogP contribution in [0.15, 0.2) is 24.5 Å². The van der Waals surface area contributed by atoms with Crippen molar-refractivity contribution in [3.8, 4) is 0 Å². The van der Waals surface area contributed by atoms with Crippen LogP contribution in [0, 0.1) is 11.7 Å². The van der Waals surface area contributed by atoms with Crippen molar-refractivity contribution in [2.75, 3.05) is 0 Å². The van der Waals surface area contributed by atoms with Gasteiger partial charge in [-0.15, -0.1) is 0 Å². The maximum atomic E-state index is 5.36. The van der Waals surface area contributed by atoms with Crippen LogP contribution < -0.4 is 0 Å². The number of aromatic nitrogens is 5. The van der Waals surface area contributed by atoms with Gasteiger partial charge in [-0.1, -0.05) is 12.1 Å². The largest absolute Gasteiger partial charge is 0.331 e. The third-order valence-corrected chi connectivity index (χ3v) is 3.26. The van der Waals surface area contributed by atoms with Crippen molar-refractivity contribution in [3.63, 3.8) is 0 Å². The molecule has 0 atom stereocenters. The Morgan fingerprint density at radius 2 is 2.22 bits per heavy atom. The van der Waals surface area contributed by atoms with Gasteiger partial charge < -0.3 is 9.55 Å². The number of H-pyrrole nitrogens is 1. The van der Waals surface area contributed by atoms with Gasteiger partial charge in [0.2, 0.25) is 0 Å². The van der Waals surface area contributed by atoms with Gasteiger partial charge in [0.25, 0.3) is 0 Å². The molecule has 1 N–H and O–H groups in total. The molecule has 3 rings (SSSR count). The first-order valence-corrected chi connectivity index (χ1v) is 6.08. The van der Waals surface area contributed by atoms with E-state index in [1.165, 1.54) is 5.56 Å². The Morgan fingerprint density at radius 1 is 1.39 bits per heavy atom. The highest BCUT2D eigenvalue weighted by Crippen LogP contribution is 2.18. The van der Waals surface area contributed by atoms with Gasteiger partial charge in [0.1, 0.15) is 6.33 Å². The van der Waals surface area contributed by atoms with E-state index in [2.05, 4.69) is 28.1 Å². The Morgan fingerprint density at radius 3 is 2.94 bits per heavy atom. The van der Waals surface area contributed by atoms with Crippen molar-refractivity contribution in [2.45, 2.75) is 13.5 Å². The van der Waals surface area contributed by atoms with Gasteiger partial charge in [-0.25, -0.2) is 4.98 Å². The molecule has 0 saturated heterocycles. The van der Waals surface area contributed by atoms with Gasteiger partial charge in [-0.3, -0.25) is 4.68 Å². The fraction of sp³-hybridized carbons (Fsp3) is 0.250. The number of fused-ring (bicyclic) bond motifs is 1. The molecular weight excluding hydrogens is 246 g/mol. The third-order valence-electron chi connectivity index (χ3n) is 2.94. The molecule has 0 amide bonds. The number of rotatable bonds is 2. The number of aryl methyl sites for hydroxylation is 2. The van der Waals surface area contributed by atoms with Gasteiger partial charge in [-0.05, 0) is 30.8 Å². The molecule has 1 aromatic carbocycles. The minimum atomic E-state index is 0.588. The smallest absolute Gasteiger partial charge is 0.178 e. The number of imidazole rings is 1. The highest BCUT2D eigenvalue weighted by atomic mass is 32.1. The minimum absolute atomic E-state index is 0.588. The van der Waals surface area contributed by atoms with Crippen LogP contribution in [0.3, 0.4) is 0 Å². The number of nitrogens with zero attached hydrogens (tertiary/aromatic N) is 4. The van der Waals surface area contributed by atoms with Crippen LogP contribution in [0.4, 0.5) is 0 Å². The predicted molar refractivity (Wildman–Crippen MR) is 72.0 cm³/mol. The first-order valence-electron chi connectivity index (χ1n) is 5.68. The molecule has 0 fully saturated rings. The molecule has 2 heterocycles. The van der Waals surface area contributed by atoms with Gasteiger partial charge in [0, 0.05) is 7.05 Å². The Hall–Kier alpha value is -1.95. The highest BCUT2D eigenvalue weighted by molar-refractivity contribution is 7.71. The Kier molecular flexibility index (Phi) is 2.52. The molecule has 2 aromatic heterocycles. The SMILES string of the molecule is Cc1cccc2[nH]c(=S)n(Cc3ncn(C)n3)c12. The van der Waals surface area contributed by atoms with Crippen LogP contribution in [-0.2, 0) is 13.6 Å². The lowest BCUT2D eigenvalue weighted by Crippen LogP contribution is -2.03. The Labute approximate surface area is 109 Å². The number of aromatic amines is 1. The molecule has 18 heavy (non-hydrogen) atoms. The van der Waals surface area contributed by atoms with E-state index in [4.69, 9.17) is 12.2 Å². The second-order valence-corrected chi connectivity index (χ2v) is 4.71. The average Bonchev–Trinajstić information content (AvgIpc) is 2.85. The summed E-state index contributed by atoms with van der Waals surface area (Å²) < 4.78 is 4.43. The molecule has 0 unspecified atom stereocenters. The molecule has 5 nitrogen and oxygen atoms in total. The summed E-state index contributed by atoms with van der Waals surface area (Å²) in [5, 5.41) is 4.29. The Balaban J connectivity index is 2.16. The first-order chi connectivity index (χ1) is 8.65. The first kappa shape index (κ1) is 11.2. The maximum Gasteiger partial charge on any atom is 0.178 e. The molecular formula is C12H13N5S. The zero-order chi connectivity index (χ0) is 12.7. The van der Waals surface area contributed by atoms with Gasteiger partial charge in [-0.2, -0.15) is 5.10 Å². The summed E-state index contributed by atoms with van der Waals surface area (Å²) in [5.41, 5.74) is 3.36. The number of hydrogen-bond acceptors (Lipinski definition) is 3. The van der Waals surface area contributed by atoms with Crippen molar-refractivity contribution >= 4 is 23.3 Å². The standard InChI is InChI=1S/C12H13N5S/c1-8-4-3-5-9-11(8)17(12(18)14-9)6-10-13-7-16(2)15-10/h3-5,7H,6H2,1-2H3,(H,14,18). The summed E-state index contributed by atoms with van der Waals surface area (Å²) in [7, 11) is 1.86. The summed E-state index contributed by atoms with van der Waals surface area (Å²) in [6.45, 7) is 2.66. The molecule has 3 aromatic rings. The molecule has 0 aliphatic rings. The third kappa shape index (κ3) is 1.74. The predicted octanol–water partition coefficient (Wildman–Crippen LogP) is 2.18. The summed E-state index contributed by atoms with van der Waals surface area (Å²) in [5.74, 6) is 0.762. The molecule has 6 heteroatoms. The molecule has 0 bridgehead atoms. The van der Waals surface area contributed by atoms with Crippen LogP contribution in [-0.4, -0.2) is 24.3 Å². The van der Waals surface area contributed by atoms with E-state index in [1.807, 2.05) is 23.7 Å². The maximum absolute atomic E-state index is 5.36. The minimum Gasteiger partial charge on any atom is -0.331 e. The molecule has 0 spiro atoms. The average molecular weight is 259 g/mol. The van der Waals surface area contributed by atoms with Gasteiger partial charge in [0.15, 0.2) is 10.6 Å². The molecule has 0 radical (unpaired) electrons. The van der Waals surface area contributed by atoms with Crippen LogP contribution >= 0.6 is 12.2 Å². The number of benzene rings is 1. The number of hydrogen-bond donors (Lipinski definition) is 1. The molecule has 92 valence electrons. The topological polar surface area (TPSA) is 51.4 Å². The fourth-order valence-electron chi connectivity index (χ4n) is 2.15. The second-order valence-electron chi connectivity index (χ2n) is 4.32. The normalized spacial score (nSPS) is 11.2. The summed E-state index contributed by atoms with van der Waals surface area (Å²) >= 11 is 5.36. The van der Waals surface area contributed by atoms with Crippen molar-refractivity contribution in [1.29, 1.82) is 0 Å². The fourth-order valence-corrected chi connectivity index (χ4v) is 2.42. The quantitative estimate of drug-likeness (QED) is 0.718. The van der Waals surface area contributed by atoms with E-state index in [9.17, 15) is 0 Å². The lowest BCUT2D eigenvalue weighted by Gasteiger charge is -2.03. The van der Waals surface area contributed by atoms with E-state index in [0.29, 0.717) is 11.3 Å². The molecule has 0 aliphatic carbocycles. The highest BCUT2D eigenvalue weighted by Gasteiger charge is 2.09. The summed E-state index contributed by atoms with van der Waals surface area (Å²) in [6, 6.07) is 6.13. The van der Waals surface area contributed by atoms with Gasteiger partial charge >= 0.3 is 0 Å². The zero-order valence-corrected chi connectivity index (χ0v) is 11.0. The lowest BCUT2D eigenvalue weighted by atomic mass is 10.2. The van der Waals surface area contributed by atoms with Crippen LogP contribution in [0.5, 0.6) is 0 Å². The summed E-state index contributed by atoms with van der Waals surface area (Å²) in [6.07, 6.45) is 1.70. The van der Waals surface area contributed by atoms with Crippen molar-refractivity contribution in [1.82, 2.24) is 24.3 Å². The van der Waals surface area contributed by atoms with Crippen molar-refractivity contribution < 1.29 is 0 Å². The zero-order valence-electron chi connectivity index (χ0n) is 10.2. The van der Waals surface area contributed by atoms with E-state index in [-0.39, 0.29) is 0 Å². The summed E-state index contributed by atoms with van der Waals surface area (Å²) in [4.78, 5) is 7.45. The monoisotopic (exact) mass is 259 g/mol. The van der Waals surface area contributed by atoms with Crippen LogP contribution in [0.2, 0.25) is 0 Å². The van der Waals surface area contributed by atoms with E-state index in [0.717, 1.165) is 16.9 Å². The lowest BCUT2D eigenvalue weighted by molar-refractivity contribution is 0.706. The van der Waals surface area contributed by atoms with Crippen molar-refractivity contribution in [3.05, 3.63) is 40.7 Å². The van der Waals surface area contributed by atoms with Gasteiger partial charge in [0.05, 0.1) is 17.6 Å². The molecule has 0 aliphatic heterocycles. The Bertz CT molecular complexity index is 764. The van der Waals surface area contributed by atoms with Crippen molar-refractivity contribution in [2.24, 2.45) is 7.05 Å². The van der Waals surface area contributed by atoms with Crippen LogP contribution in [0.1, 0.15) is 11.4 Å². The van der Waals surface area contributed by atoms with Crippen LogP contribution in [0.25, 0.3) is 11.0 Å². The van der Waals surface area contributed by atoms with E-state index < -0.39 is 0 Å². The van der Waals surface area contributed by atoms with E-state index >= 15 is 0 Å². The number of nitrogens with one attached hydrogen (secondary N) is 1.